The van der Waals surface area contributed by atoms with Crippen molar-refractivity contribution in [3.63, 3.8) is 0 Å². The number of halogens is 1. The van der Waals surface area contributed by atoms with Crippen LogP contribution in [0.15, 0.2) is 48.5 Å². The van der Waals surface area contributed by atoms with E-state index in [0.29, 0.717) is 43.0 Å². The van der Waals surface area contributed by atoms with E-state index >= 15 is 0 Å². The maximum atomic E-state index is 13.7. The number of carbonyl (C=O) groups is 3. The van der Waals surface area contributed by atoms with Crippen LogP contribution < -0.4 is 20.7 Å². The third kappa shape index (κ3) is 10.2. The van der Waals surface area contributed by atoms with E-state index in [9.17, 15) is 18.8 Å². The van der Waals surface area contributed by atoms with Crippen molar-refractivity contribution < 1.29 is 23.5 Å². The molecule has 2 rings (SSSR count). The monoisotopic (exact) mass is 499 g/mol. The highest BCUT2D eigenvalue weighted by atomic mass is 19.1. The lowest BCUT2D eigenvalue weighted by atomic mass is 10.0. The van der Waals surface area contributed by atoms with Gasteiger partial charge in [-0.3, -0.25) is 14.4 Å². The summed E-state index contributed by atoms with van der Waals surface area (Å²) in [6.45, 7) is 6.33. The highest BCUT2D eigenvalue weighted by Gasteiger charge is 2.25. The molecule has 196 valence electrons. The molecule has 0 fully saturated rings. The third-order valence-corrected chi connectivity index (χ3v) is 5.78. The number of benzene rings is 2. The quantitative estimate of drug-likeness (QED) is 0.326. The number of aryl methyl sites for hydroxylation is 1. The van der Waals surface area contributed by atoms with Crippen LogP contribution in [0.1, 0.15) is 51.2 Å². The Morgan fingerprint density at radius 3 is 2.39 bits per heavy atom. The fraction of sp³-hybridized carbons (Fsp3) is 0.464. The van der Waals surface area contributed by atoms with Crippen molar-refractivity contribution in [2.24, 2.45) is 5.92 Å². The van der Waals surface area contributed by atoms with Gasteiger partial charge in [0.25, 0.3) is 5.91 Å². The Morgan fingerprint density at radius 1 is 1.03 bits per heavy atom. The molecule has 1 unspecified atom stereocenters. The van der Waals surface area contributed by atoms with Gasteiger partial charge in [0.05, 0.1) is 13.2 Å². The molecule has 36 heavy (non-hydrogen) atoms. The molecule has 0 saturated carbocycles. The van der Waals surface area contributed by atoms with E-state index in [-0.39, 0.29) is 18.5 Å². The lowest BCUT2D eigenvalue weighted by molar-refractivity contribution is -0.139. The maximum Gasteiger partial charge on any atom is 0.289 e. The predicted molar refractivity (Wildman–Crippen MR) is 138 cm³/mol. The second-order valence-corrected chi connectivity index (χ2v) is 9.29. The molecule has 0 aliphatic heterocycles. The van der Waals surface area contributed by atoms with Gasteiger partial charge in [-0.1, -0.05) is 51.1 Å². The molecule has 2 atom stereocenters. The molecule has 2 aromatic rings. The molecule has 0 heterocycles. The van der Waals surface area contributed by atoms with Crippen LogP contribution in [-0.2, 0) is 27.3 Å². The summed E-state index contributed by atoms with van der Waals surface area (Å²) < 4.78 is 18.7. The first-order chi connectivity index (χ1) is 17.2. The second-order valence-electron chi connectivity index (χ2n) is 9.29. The molecular weight excluding hydrogens is 461 g/mol. The van der Waals surface area contributed by atoms with E-state index in [0.717, 1.165) is 12.0 Å². The summed E-state index contributed by atoms with van der Waals surface area (Å²) in [4.78, 5) is 37.8. The van der Waals surface area contributed by atoms with Crippen LogP contribution >= 0.6 is 0 Å². The molecule has 0 aliphatic carbocycles. The zero-order valence-corrected chi connectivity index (χ0v) is 21.6. The molecule has 8 heteroatoms. The van der Waals surface area contributed by atoms with Crippen LogP contribution in [-0.4, -0.2) is 43.3 Å². The average molecular weight is 500 g/mol. The minimum atomic E-state index is -0.745. The fourth-order valence-corrected chi connectivity index (χ4v) is 3.94. The minimum Gasteiger partial charge on any atom is -0.497 e. The zero-order chi connectivity index (χ0) is 26.5. The molecule has 7 nitrogen and oxygen atoms in total. The van der Waals surface area contributed by atoms with Gasteiger partial charge in [0.15, 0.2) is 0 Å². The zero-order valence-electron chi connectivity index (χ0n) is 21.6. The first-order valence-corrected chi connectivity index (χ1v) is 12.4. The number of hydrogen-bond acceptors (Lipinski definition) is 5. The average Bonchev–Trinajstić information content (AvgIpc) is 2.86. The molecule has 3 N–H and O–H groups in total. The Bertz CT molecular complexity index is 998. The second kappa shape index (κ2) is 15.0. The van der Waals surface area contributed by atoms with Gasteiger partial charge in [0.1, 0.15) is 11.6 Å². The molecule has 0 saturated heterocycles. The van der Waals surface area contributed by atoms with Gasteiger partial charge in [-0.05, 0) is 48.4 Å². The number of hydrogen-bond donors (Lipinski definition) is 3. The lowest BCUT2D eigenvalue weighted by Gasteiger charge is -2.24. The number of Topliss-reactive ketones (excluding diaryl/α,β-unsaturated/α-hetero) is 1. The first-order valence-electron chi connectivity index (χ1n) is 12.4. The van der Waals surface area contributed by atoms with Crippen molar-refractivity contribution in [1.29, 1.82) is 0 Å². The number of rotatable bonds is 15. The molecule has 2 aromatic carbocycles. The Kier molecular flexibility index (Phi) is 12.1. The van der Waals surface area contributed by atoms with Crippen molar-refractivity contribution in [3.05, 3.63) is 65.5 Å². The van der Waals surface area contributed by atoms with E-state index in [1.165, 1.54) is 19.2 Å². The standard InChI is InChI=1S/C28H38FN3O4/c1-5-25(27(34)28(35)31-17-21-14-22(29)16-24(15-21)36-4)30-18-23(13-19(2)3)32-26(33)12-11-20-9-7-6-8-10-20/h6-10,14-16,19,23,25,30H,5,11-13,17-18H2,1-4H3,(H,31,35)(H,32,33)/t23-,25?/m0/s1. The SMILES string of the molecule is CCC(NC[C@H](CC(C)C)NC(=O)CCc1ccccc1)C(=O)C(=O)NCc1cc(F)cc(OC)c1. The van der Waals surface area contributed by atoms with Crippen LogP contribution in [0.5, 0.6) is 5.75 Å². The van der Waals surface area contributed by atoms with Gasteiger partial charge >= 0.3 is 0 Å². The van der Waals surface area contributed by atoms with Crippen molar-refractivity contribution >= 4 is 17.6 Å². The summed E-state index contributed by atoms with van der Waals surface area (Å²) >= 11 is 0. The summed E-state index contributed by atoms with van der Waals surface area (Å²) in [5.41, 5.74) is 1.59. The van der Waals surface area contributed by atoms with Gasteiger partial charge in [0.2, 0.25) is 11.7 Å². The van der Waals surface area contributed by atoms with Crippen LogP contribution in [0.25, 0.3) is 0 Å². The van der Waals surface area contributed by atoms with E-state index < -0.39 is 23.5 Å². The molecule has 0 bridgehead atoms. The first kappa shape index (κ1) is 29.0. The minimum absolute atomic E-state index is 0.00255. The highest BCUT2D eigenvalue weighted by Crippen LogP contribution is 2.16. The molecule has 0 aromatic heterocycles. The highest BCUT2D eigenvalue weighted by molar-refractivity contribution is 6.38. The Hall–Kier alpha value is -3.26. The Balaban J connectivity index is 1.88. The normalized spacial score (nSPS) is 12.6. The Labute approximate surface area is 213 Å². The van der Waals surface area contributed by atoms with Gasteiger partial charge < -0.3 is 20.7 Å². The summed E-state index contributed by atoms with van der Waals surface area (Å²) in [6, 6.07) is 13.1. The lowest BCUT2D eigenvalue weighted by Crippen LogP contribution is -2.50. The summed E-state index contributed by atoms with van der Waals surface area (Å²) in [5.74, 6) is -1.20. The summed E-state index contributed by atoms with van der Waals surface area (Å²) in [5, 5.41) is 8.78. The van der Waals surface area contributed by atoms with Gasteiger partial charge in [-0.2, -0.15) is 0 Å². The third-order valence-electron chi connectivity index (χ3n) is 5.78. The molecule has 0 radical (unpaired) electrons. The number of methoxy groups -OCH3 is 1. The van der Waals surface area contributed by atoms with Crippen LogP contribution in [0.4, 0.5) is 4.39 Å². The molecule has 0 spiro atoms. The van der Waals surface area contributed by atoms with E-state index in [1.807, 2.05) is 37.3 Å². The number of amides is 2. The smallest absolute Gasteiger partial charge is 0.289 e. The number of carbonyl (C=O) groups excluding carboxylic acids is 3. The van der Waals surface area contributed by atoms with Gasteiger partial charge in [-0.15, -0.1) is 0 Å². The van der Waals surface area contributed by atoms with E-state index in [2.05, 4.69) is 29.8 Å². The van der Waals surface area contributed by atoms with Crippen molar-refractivity contribution in [3.8, 4) is 5.75 Å². The van der Waals surface area contributed by atoms with Crippen LogP contribution in [0.2, 0.25) is 0 Å². The summed E-state index contributed by atoms with van der Waals surface area (Å²) in [6.07, 6.45) is 2.18. The number of ketones is 1. The largest absolute Gasteiger partial charge is 0.497 e. The van der Waals surface area contributed by atoms with Crippen molar-refractivity contribution in [1.82, 2.24) is 16.0 Å². The molecule has 2 amide bonds. The van der Waals surface area contributed by atoms with Crippen LogP contribution in [0.3, 0.4) is 0 Å². The van der Waals surface area contributed by atoms with E-state index in [1.54, 1.807) is 6.07 Å². The van der Waals surface area contributed by atoms with Crippen molar-refractivity contribution in [2.45, 2.75) is 65.1 Å². The van der Waals surface area contributed by atoms with Gasteiger partial charge in [0, 0.05) is 31.6 Å². The Morgan fingerprint density at radius 2 is 1.75 bits per heavy atom. The fourth-order valence-electron chi connectivity index (χ4n) is 3.94. The number of nitrogens with one attached hydrogen (secondary N) is 3. The topological polar surface area (TPSA) is 96.5 Å². The molecular formula is C28H38FN3O4. The predicted octanol–water partition coefficient (Wildman–Crippen LogP) is 3.55. The molecule has 0 aliphatic rings. The number of ether oxygens (including phenoxy) is 1. The van der Waals surface area contributed by atoms with Crippen molar-refractivity contribution in [2.75, 3.05) is 13.7 Å². The van der Waals surface area contributed by atoms with Crippen LogP contribution in [0, 0.1) is 11.7 Å². The summed E-state index contributed by atoms with van der Waals surface area (Å²) in [7, 11) is 1.43. The van der Waals surface area contributed by atoms with E-state index in [4.69, 9.17) is 4.74 Å². The van der Waals surface area contributed by atoms with Gasteiger partial charge in [-0.25, -0.2) is 4.39 Å². The maximum absolute atomic E-state index is 13.7.